The maximum atomic E-state index is 14.4. The zero-order chi connectivity index (χ0) is 24.2. The van der Waals surface area contributed by atoms with Crippen molar-refractivity contribution >= 4 is 34.3 Å². The Morgan fingerprint density at radius 3 is 2.71 bits per heavy atom. The van der Waals surface area contributed by atoms with Crippen LogP contribution < -0.4 is 15.1 Å². The lowest BCUT2D eigenvalue weighted by atomic mass is 9.78. The van der Waals surface area contributed by atoms with E-state index in [1.807, 2.05) is 21.8 Å². The maximum absolute atomic E-state index is 14.4. The molecular formula is C24H31FN8O2. The molecule has 1 N–H and O–H groups in total. The van der Waals surface area contributed by atoms with Crippen LogP contribution in [0.1, 0.15) is 26.3 Å². The summed E-state index contributed by atoms with van der Waals surface area (Å²) in [5, 5.41) is 9.27. The number of halogens is 1. The third-order valence-electron chi connectivity index (χ3n) is 7.20. The maximum Gasteiger partial charge on any atom is 0.227 e. The Kier molecular flexibility index (Phi) is 5.48. The van der Waals surface area contributed by atoms with Crippen molar-refractivity contribution in [2.24, 2.45) is 5.41 Å². The summed E-state index contributed by atoms with van der Waals surface area (Å²) in [6, 6.07) is 4.01. The highest BCUT2D eigenvalue weighted by atomic mass is 19.1. The van der Waals surface area contributed by atoms with Crippen LogP contribution in [-0.4, -0.2) is 83.5 Å². The van der Waals surface area contributed by atoms with E-state index in [9.17, 15) is 4.39 Å². The molecule has 186 valence electrons. The smallest absolute Gasteiger partial charge is 0.227 e. The van der Waals surface area contributed by atoms with Crippen molar-refractivity contribution < 1.29 is 13.9 Å². The lowest BCUT2D eigenvalue weighted by molar-refractivity contribution is -0.127. The van der Waals surface area contributed by atoms with E-state index in [4.69, 9.17) is 14.6 Å². The third-order valence-corrected chi connectivity index (χ3v) is 7.20. The summed E-state index contributed by atoms with van der Waals surface area (Å²) in [5.74, 6) is 2.75. The van der Waals surface area contributed by atoms with Gasteiger partial charge in [0.05, 0.1) is 42.2 Å². The third kappa shape index (κ3) is 3.96. The average molecular weight is 483 g/mol. The van der Waals surface area contributed by atoms with Crippen LogP contribution in [0.25, 0.3) is 10.9 Å². The van der Waals surface area contributed by atoms with Crippen molar-refractivity contribution in [2.45, 2.75) is 38.6 Å². The number of rotatable bonds is 6. The van der Waals surface area contributed by atoms with Gasteiger partial charge < -0.3 is 24.6 Å². The molecule has 3 aromatic heterocycles. The van der Waals surface area contributed by atoms with E-state index >= 15 is 0 Å². The average Bonchev–Trinajstić information content (AvgIpc) is 3.16. The van der Waals surface area contributed by atoms with E-state index in [0.717, 1.165) is 43.0 Å². The zero-order valence-corrected chi connectivity index (χ0v) is 20.3. The number of ether oxygens (including phenoxy) is 2. The van der Waals surface area contributed by atoms with Crippen molar-refractivity contribution in [1.82, 2.24) is 24.7 Å². The van der Waals surface area contributed by atoms with Gasteiger partial charge in [-0.25, -0.2) is 14.4 Å². The fraction of sp³-hybridized carbons (Fsp3) is 0.583. The molecule has 35 heavy (non-hydrogen) atoms. The van der Waals surface area contributed by atoms with Gasteiger partial charge >= 0.3 is 0 Å². The van der Waals surface area contributed by atoms with Gasteiger partial charge in [0.2, 0.25) is 5.95 Å². The number of nitrogens with one attached hydrogen (secondary N) is 1. The topological polar surface area (TPSA) is 93.5 Å². The summed E-state index contributed by atoms with van der Waals surface area (Å²) in [7, 11) is 1.55. The van der Waals surface area contributed by atoms with Crippen molar-refractivity contribution in [1.29, 1.82) is 0 Å². The fourth-order valence-corrected chi connectivity index (χ4v) is 5.23. The Morgan fingerprint density at radius 1 is 1.20 bits per heavy atom. The van der Waals surface area contributed by atoms with Crippen LogP contribution in [0.2, 0.25) is 0 Å². The lowest BCUT2D eigenvalue weighted by Gasteiger charge is -2.55. The van der Waals surface area contributed by atoms with Crippen LogP contribution in [0.15, 0.2) is 24.5 Å². The fourth-order valence-electron chi connectivity index (χ4n) is 5.23. The van der Waals surface area contributed by atoms with Crippen LogP contribution >= 0.6 is 0 Å². The largest absolute Gasteiger partial charge is 0.380 e. The number of hydrogen-bond acceptors (Lipinski definition) is 9. The molecule has 0 saturated carbocycles. The molecule has 3 aromatic rings. The summed E-state index contributed by atoms with van der Waals surface area (Å²) in [6.07, 6.45) is 2.72. The first-order chi connectivity index (χ1) is 16.9. The second kappa shape index (κ2) is 8.56. The van der Waals surface area contributed by atoms with Crippen molar-refractivity contribution in [3.8, 4) is 0 Å². The van der Waals surface area contributed by atoms with E-state index < -0.39 is 6.17 Å². The Labute approximate surface area is 203 Å². The standard InChI is InChI=1S/C24H31FN8O2/c1-15(2)33-18-8-21(27-9-16(18)22(30-33)32-11-24(12-32)13-35-14-24)28-20-4-6-26-23(29-20)31-7-5-19(34-3)17(25)10-31/h4,6,8-9,15,17,19H,5,7,10-14H2,1-3H3,(H,26,27,28,29)/t17?,19-/m0/s1. The molecule has 2 atom stereocenters. The quantitative estimate of drug-likeness (QED) is 0.569. The highest BCUT2D eigenvalue weighted by Gasteiger charge is 2.50. The normalized spacial score (nSPS) is 23.6. The number of alkyl halides is 1. The van der Waals surface area contributed by atoms with Crippen molar-refractivity contribution in [2.75, 3.05) is 61.6 Å². The molecule has 6 rings (SSSR count). The van der Waals surface area contributed by atoms with Gasteiger partial charge in [0.25, 0.3) is 0 Å². The number of fused-ring (bicyclic) bond motifs is 1. The monoisotopic (exact) mass is 482 g/mol. The number of aromatic nitrogens is 5. The van der Waals surface area contributed by atoms with Crippen LogP contribution in [-0.2, 0) is 9.47 Å². The Morgan fingerprint density at radius 2 is 2.03 bits per heavy atom. The summed E-state index contributed by atoms with van der Waals surface area (Å²) < 4.78 is 27.1. The van der Waals surface area contributed by atoms with Gasteiger partial charge in [-0.3, -0.25) is 4.68 Å². The van der Waals surface area contributed by atoms with E-state index in [0.29, 0.717) is 36.0 Å². The van der Waals surface area contributed by atoms with Gasteiger partial charge in [-0.1, -0.05) is 0 Å². The molecule has 0 bridgehead atoms. The molecule has 1 unspecified atom stereocenters. The van der Waals surface area contributed by atoms with Gasteiger partial charge in [0, 0.05) is 51.2 Å². The molecule has 0 radical (unpaired) electrons. The Balaban J connectivity index is 1.23. The molecule has 1 spiro atoms. The number of methoxy groups -OCH3 is 1. The van der Waals surface area contributed by atoms with Crippen LogP contribution in [0.5, 0.6) is 0 Å². The molecule has 0 aliphatic carbocycles. The molecule has 6 heterocycles. The van der Waals surface area contributed by atoms with E-state index in [2.05, 4.69) is 39.0 Å². The minimum atomic E-state index is -1.07. The summed E-state index contributed by atoms with van der Waals surface area (Å²) in [5.41, 5.74) is 1.34. The first-order valence-electron chi connectivity index (χ1n) is 12.2. The summed E-state index contributed by atoms with van der Waals surface area (Å²) >= 11 is 0. The van der Waals surface area contributed by atoms with Gasteiger partial charge in [0.1, 0.15) is 17.8 Å². The van der Waals surface area contributed by atoms with E-state index in [-0.39, 0.29) is 18.7 Å². The lowest BCUT2D eigenvalue weighted by Crippen LogP contribution is -2.66. The molecule has 10 nitrogen and oxygen atoms in total. The first kappa shape index (κ1) is 22.4. The molecule has 3 aliphatic rings. The number of hydrogen-bond donors (Lipinski definition) is 1. The Bertz CT molecular complexity index is 1220. The van der Waals surface area contributed by atoms with Crippen molar-refractivity contribution in [3.63, 3.8) is 0 Å². The molecule has 0 aromatic carbocycles. The molecule has 0 amide bonds. The van der Waals surface area contributed by atoms with Crippen LogP contribution in [0, 0.1) is 5.41 Å². The minimum absolute atomic E-state index is 0.207. The van der Waals surface area contributed by atoms with Crippen molar-refractivity contribution in [3.05, 3.63) is 24.5 Å². The van der Waals surface area contributed by atoms with Crippen LogP contribution in [0.4, 0.5) is 27.8 Å². The molecule has 3 saturated heterocycles. The minimum Gasteiger partial charge on any atom is -0.380 e. The van der Waals surface area contributed by atoms with E-state index in [1.165, 1.54) is 0 Å². The van der Waals surface area contributed by atoms with Gasteiger partial charge in [-0.05, 0) is 26.3 Å². The highest BCUT2D eigenvalue weighted by Crippen LogP contribution is 2.42. The second-order valence-corrected chi connectivity index (χ2v) is 10.2. The van der Waals surface area contributed by atoms with Gasteiger partial charge in [-0.15, -0.1) is 0 Å². The molecule has 3 fully saturated rings. The number of piperidine rings is 1. The molecule has 11 heteroatoms. The predicted octanol–water partition coefficient (Wildman–Crippen LogP) is 2.95. The van der Waals surface area contributed by atoms with Crippen LogP contribution in [0.3, 0.4) is 0 Å². The second-order valence-electron chi connectivity index (χ2n) is 10.2. The Hall–Kier alpha value is -3.05. The number of pyridine rings is 1. The summed E-state index contributed by atoms with van der Waals surface area (Å²) in [4.78, 5) is 17.8. The van der Waals surface area contributed by atoms with E-state index in [1.54, 1.807) is 19.4 Å². The zero-order valence-electron chi connectivity index (χ0n) is 20.3. The summed E-state index contributed by atoms with van der Waals surface area (Å²) in [6.45, 7) is 8.75. The first-order valence-corrected chi connectivity index (χ1v) is 12.2. The number of anilines is 4. The molecule has 3 aliphatic heterocycles. The van der Waals surface area contributed by atoms with Gasteiger partial charge in [0.15, 0.2) is 5.82 Å². The predicted molar refractivity (Wildman–Crippen MR) is 131 cm³/mol. The van der Waals surface area contributed by atoms with Gasteiger partial charge in [-0.2, -0.15) is 10.1 Å². The number of nitrogens with zero attached hydrogens (tertiary/aromatic N) is 7. The SMILES string of the molecule is CO[C@H]1CCN(c2nccc(Nc3cc4c(cn3)c(N3CC5(COC5)C3)nn4C(C)C)n2)CC1F. The highest BCUT2D eigenvalue weighted by molar-refractivity contribution is 5.92. The molecular weight excluding hydrogens is 451 g/mol.